The molecule has 2 amide bonds. The number of hydrogen-bond acceptors (Lipinski definition) is 2. The highest BCUT2D eigenvalue weighted by Crippen LogP contribution is 2.16. The van der Waals surface area contributed by atoms with Crippen molar-refractivity contribution in [3.63, 3.8) is 0 Å². The number of carbonyl (C=O) groups is 1. The van der Waals surface area contributed by atoms with E-state index in [1.165, 1.54) is 0 Å². The van der Waals surface area contributed by atoms with E-state index in [9.17, 15) is 4.79 Å². The normalized spacial score (nSPS) is 19.1. The number of urea groups is 1. The summed E-state index contributed by atoms with van der Waals surface area (Å²) in [7, 11) is 0. The number of aliphatic hydroxyl groups is 1. The Kier molecular flexibility index (Phi) is 6.70. The molecule has 0 radical (unpaired) electrons. The molecule has 98 valence electrons. The summed E-state index contributed by atoms with van der Waals surface area (Å²) < 4.78 is 0. The van der Waals surface area contributed by atoms with E-state index in [1.54, 1.807) is 4.90 Å². The van der Waals surface area contributed by atoms with Crippen LogP contribution in [0.3, 0.4) is 0 Å². The van der Waals surface area contributed by atoms with Gasteiger partial charge in [-0.2, -0.15) is 0 Å². The standard InChI is InChI=1S/C13H24N2O2/c1-2-8-15(9-10-16)13(17)14-11-12-6-4-3-5-7-12/h3-4,12,16H,2,5-11H2,1H3,(H,14,17). The topological polar surface area (TPSA) is 52.6 Å². The number of rotatable bonds is 6. The fourth-order valence-corrected chi connectivity index (χ4v) is 2.09. The fourth-order valence-electron chi connectivity index (χ4n) is 2.09. The van der Waals surface area contributed by atoms with Crippen molar-refractivity contribution in [2.45, 2.75) is 32.6 Å². The van der Waals surface area contributed by atoms with Crippen LogP contribution in [-0.2, 0) is 0 Å². The van der Waals surface area contributed by atoms with E-state index in [2.05, 4.69) is 17.5 Å². The second-order valence-electron chi connectivity index (χ2n) is 4.55. The minimum absolute atomic E-state index is 0.0274. The number of allylic oxidation sites excluding steroid dienone is 2. The van der Waals surface area contributed by atoms with E-state index in [1.807, 2.05) is 6.92 Å². The van der Waals surface area contributed by atoms with Gasteiger partial charge in [-0.25, -0.2) is 4.79 Å². The van der Waals surface area contributed by atoms with Crippen LogP contribution in [0.15, 0.2) is 12.2 Å². The highest BCUT2D eigenvalue weighted by atomic mass is 16.3. The molecular weight excluding hydrogens is 216 g/mol. The summed E-state index contributed by atoms with van der Waals surface area (Å²) in [6.07, 6.45) is 8.65. The maximum absolute atomic E-state index is 11.9. The number of amides is 2. The van der Waals surface area contributed by atoms with Crippen LogP contribution in [0.25, 0.3) is 0 Å². The molecule has 0 spiro atoms. The van der Waals surface area contributed by atoms with Gasteiger partial charge in [-0.3, -0.25) is 0 Å². The Morgan fingerprint density at radius 1 is 1.47 bits per heavy atom. The van der Waals surface area contributed by atoms with Crippen molar-refractivity contribution in [3.8, 4) is 0 Å². The van der Waals surface area contributed by atoms with Gasteiger partial charge in [0.25, 0.3) is 0 Å². The number of nitrogens with zero attached hydrogens (tertiary/aromatic N) is 1. The Morgan fingerprint density at radius 2 is 2.29 bits per heavy atom. The lowest BCUT2D eigenvalue weighted by Crippen LogP contribution is -2.43. The number of nitrogens with one attached hydrogen (secondary N) is 1. The first-order chi connectivity index (χ1) is 8.27. The molecule has 17 heavy (non-hydrogen) atoms. The summed E-state index contributed by atoms with van der Waals surface area (Å²) in [4.78, 5) is 13.5. The number of aliphatic hydroxyl groups excluding tert-OH is 1. The van der Waals surface area contributed by atoms with Crippen molar-refractivity contribution in [2.24, 2.45) is 5.92 Å². The van der Waals surface area contributed by atoms with E-state index in [-0.39, 0.29) is 12.6 Å². The lowest BCUT2D eigenvalue weighted by Gasteiger charge is -2.24. The summed E-state index contributed by atoms with van der Waals surface area (Å²) in [5.74, 6) is 0.571. The van der Waals surface area contributed by atoms with Crippen LogP contribution in [0.4, 0.5) is 4.79 Å². The molecule has 4 heteroatoms. The Morgan fingerprint density at radius 3 is 2.88 bits per heavy atom. The zero-order valence-corrected chi connectivity index (χ0v) is 10.7. The van der Waals surface area contributed by atoms with Crippen molar-refractivity contribution in [1.29, 1.82) is 0 Å². The average molecular weight is 240 g/mol. The third-order valence-corrected chi connectivity index (χ3v) is 3.07. The lowest BCUT2D eigenvalue weighted by atomic mass is 9.94. The smallest absolute Gasteiger partial charge is 0.317 e. The predicted octanol–water partition coefficient (Wildman–Crippen LogP) is 1.76. The first-order valence-electron chi connectivity index (χ1n) is 6.56. The maximum Gasteiger partial charge on any atom is 0.317 e. The van der Waals surface area contributed by atoms with Crippen LogP contribution in [0.2, 0.25) is 0 Å². The minimum atomic E-state index is -0.0459. The highest BCUT2D eigenvalue weighted by molar-refractivity contribution is 5.74. The molecule has 0 saturated heterocycles. The van der Waals surface area contributed by atoms with Crippen molar-refractivity contribution in [3.05, 3.63) is 12.2 Å². The van der Waals surface area contributed by atoms with Gasteiger partial charge in [-0.05, 0) is 31.6 Å². The molecule has 0 aromatic heterocycles. The average Bonchev–Trinajstić information content (AvgIpc) is 2.37. The third-order valence-electron chi connectivity index (χ3n) is 3.07. The van der Waals surface area contributed by atoms with Crippen LogP contribution in [0.1, 0.15) is 32.6 Å². The zero-order valence-electron chi connectivity index (χ0n) is 10.7. The first kappa shape index (κ1) is 14.0. The van der Waals surface area contributed by atoms with Gasteiger partial charge in [0.05, 0.1) is 6.61 Å². The minimum Gasteiger partial charge on any atom is -0.395 e. The van der Waals surface area contributed by atoms with Crippen LogP contribution in [0, 0.1) is 5.92 Å². The molecular formula is C13H24N2O2. The fraction of sp³-hybridized carbons (Fsp3) is 0.769. The van der Waals surface area contributed by atoms with Gasteiger partial charge in [-0.15, -0.1) is 0 Å². The molecule has 4 nitrogen and oxygen atoms in total. The quantitative estimate of drug-likeness (QED) is 0.695. The van der Waals surface area contributed by atoms with Crippen molar-refractivity contribution < 1.29 is 9.90 Å². The summed E-state index contributed by atoms with van der Waals surface area (Å²) in [5, 5.41) is 11.9. The largest absolute Gasteiger partial charge is 0.395 e. The van der Waals surface area contributed by atoms with Gasteiger partial charge in [0.1, 0.15) is 0 Å². The molecule has 0 saturated carbocycles. The molecule has 1 aliphatic rings. The van der Waals surface area contributed by atoms with Gasteiger partial charge in [0.15, 0.2) is 0 Å². The second kappa shape index (κ2) is 8.12. The van der Waals surface area contributed by atoms with Gasteiger partial charge >= 0.3 is 6.03 Å². The van der Waals surface area contributed by atoms with Gasteiger partial charge in [0.2, 0.25) is 0 Å². The number of carbonyl (C=O) groups excluding carboxylic acids is 1. The van der Waals surface area contributed by atoms with E-state index in [0.717, 1.165) is 32.2 Å². The molecule has 0 aromatic carbocycles. The molecule has 0 fully saturated rings. The monoisotopic (exact) mass is 240 g/mol. The Labute approximate surface area is 104 Å². The van der Waals surface area contributed by atoms with E-state index in [4.69, 9.17) is 5.11 Å². The molecule has 1 unspecified atom stereocenters. The number of hydrogen-bond donors (Lipinski definition) is 2. The van der Waals surface area contributed by atoms with E-state index < -0.39 is 0 Å². The van der Waals surface area contributed by atoms with Crippen LogP contribution >= 0.6 is 0 Å². The highest BCUT2D eigenvalue weighted by Gasteiger charge is 2.14. The van der Waals surface area contributed by atoms with Crippen molar-refractivity contribution >= 4 is 6.03 Å². The van der Waals surface area contributed by atoms with Crippen molar-refractivity contribution in [2.75, 3.05) is 26.2 Å². The molecule has 0 heterocycles. The zero-order chi connectivity index (χ0) is 12.5. The summed E-state index contributed by atoms with van der Waals surface area (Å²) >= 11 is 0. The second-order valence-corrected chi connectivity index (χ2v) is 4.55. The third kappa shape index (κ3) is 5.22. The summed E-state index contributed by atoms with van der Waals surface area (Å²) in [6, 6.07) is -0.0459. The SMILES string of the molecule is CCCN(CCO)C(=O)NCC1CC=CCC1. The molecule has 2 N–H and O–H groups in total. The molecule has 1 atom stereocenters. The molecule has 0 aromatic rings. The molecule has 1 aliphatic carbocycles. The molecule has 0 aliphatic heterocycles. The van der Waals surface area contributed by atoms with Crippen molar-refractivity contribution in [1.82, 2.24) is 10.2 Å². The van der Waals surface area contributed by atoms with E-state index in [0.29, 0.717) is 19.0 Å². The summed E-state index contributed by atoms with van der Waals surface area (Å²) in [6.45, 7) is 3.93. The Balaban J connectivity index is 2.27. The first-order valence-corrected chi connectivity index (χ1v) is 6.56. The molecule has 0 bridgehead atoms. The predicted molar refractivity (Wildman–Crippen MR) is 68.8 cm³/mol. The lowest BCUT2D eigenvalue weighted by molar-refractivity contribution is 0.175. The summed E-state index contributed by atoms with van der Waals surface area (Å²) in [5.41, 5.74) is 0. The van der Waals surface area contributed by atoms with Gasteiger partial charge < -0.3 is 15.3 Å². The van der Waals surface area contributed by atoms with Crippen LogP contribution < -0.4 is 5.32 Å². The van der Waals surface area contributed by atoms with Crippen LogP contribution in [-0.4, -0.2) is 42.3 Å². The van der Waals surface area contributed by atoms with Crippen LogP contribution in [0.5, 0.6) is 0 Å². The molecule has 1 rings (SSSR count). The maximum atomic E-state index is 11.9. The van der Waals surface area contributed by atoms with Gasteiger partial charge in [-0.1, -0.05) is 19.1 Å². The Bertz CT molecular complexity index is 248. The van der Waals surface area contributed by atoms with Gasteiger partial charge in [0, 0.05) is 19.6 Å². The Hall–Kier alpha value is -1.03. The van der Waals surface area contributed by atoms with E-state index >= 15 is 0 Å².